The molecule has 2 saturated heterocycles. The van der Waals surface area contributed by atoms with Gasteiger partial charge in [0.15, 0.2) is 0 Å². The molecule has 2 aromatic rings. The van der Waals surface area contributed by atoms with Crippen LogP contribution >= 0.6 is 0 Å². The molecular weight excluding hydrogens is 447 g/mol. The lowest BCUT2D eigenvalue weighted by molar-refractivity contribution is -0.192. The number of aryl methyl sites for hydroxylation is 2. The summed E-state index contributed by atoms with van der Waals surface area (Å²) in [7, 11) is 0. The van der Waals surface area contributed by atoms with Gasteiger partial charge in [-0.25, -0.2) is 4.79 Å². The Morgan fingerprint density at radius 2 is 2.09 bits per heavy atom. The molecule has 4 rings (SSSR count). The first-order chi connectivity index (χ1) is 15.5. The van der Waals surface area contributed by atoms with E-state index in [9.17, 15) is 18.0 Å². The molecule has 0 saturated carbocycles. The Balaban J connectivity index is 0.000000383. The van der Waals surface area contributed by atoms with Gasteiger partial charge in [-0.15, -0.1) is 0 Å². The lowest BCUT2D eigenvalue weighted by Gasteiger charge is -2.26. The number of rotatable bonds is 6. The number of carbonyl (C=O) groups excluding carboxylic acids is 1. The van der Waals surface area contributed by atoms with Gasteiger partial charge in [-0.05, 0) is 26.0 Å². The fourth-order valence-electron chi connectivity index (χ4n) is 4.25. The fraction of sp³-hybridized carbons (Fsp3) is 0.571. The van der Waals surface area contributed by atoms with Crippen molar-refractivity contribution >= 4 is 11.9 Å². The van der Waals surface area contributed by atoms with E-state index < -0.39 is 12.1 Å². The third kappa shape index (κ3) is 6.14. The zero-order valence-corrected chi connectivity index (χ0v) is 18.3. The summed E-state index contributed by atoms with van der Waals surface area (Å²) < 4.78 is 48.0. The smallest absolute Gasteiger partial charge is 0.475 e. The summed E-state index contributed by atoms with van der Waals surface area (Å²) in [5.41, 5.74) is 2.00. The van der Waals surface area contributed by atoms with Crippen LogP contribution in [0.5, 0.6) is 0 Å². The molecule has 0 unspecified atom stereocenters. The number of aromatic nitrogens is 1. The van der Waals surface area contributed by atoms with Crippen LogP contribution in [0.15, 0.2) is 27.3 Å². The van der Waals surface area contributed by atoms with Crippen LogP contribution in [-0.2, 0) is 27.4 Å². The molecule has 1 amide bonds. The fourth-order valence-corrected chi connectivity index (χ4v) is 4.25. The van der Waals surface area contributed by atoms with Crippen LogP contribution in [0, 0.1) is 25.2 Å². The molecule has 0 radical (unpaired) electrons. The van der Waals surface area contributed by atoms with Gasteiger partial charge in [-0.1, -0.05) is 5.16 Å². The molecule has 2 aliphatic rings. The number of hydrogen-bond acceptors (Lipinski definition) is 7. The van der Waals surface area contributed by atoms with Crippen LogP contribution in [0.1, 0.15) is 29.2 Å². The lowest BCUT2D eigenvalue weighted by Crippen LogP contribution is -2.37. The number of halogens is 3. The van der Waals surface area contributed by atoms with Crippen LogP contribution in [-0.4, -0.2) is 59.5 Å². The number of amides is 1. The topological polar surface area (TPSA) is 118 Å². The minimum absolute atomic E-state index is 0.0519. The molecular formula is C21H26F3N3O6. The van der Waals surface area contributed by atoms with Crippen molar-refractivity contribution in [3.8, 4) is 0 Å². The first kappa shape index (κ1) is 24.8. The van der Waals surface area contributed by atoms with Crippen molar-refractivity contribution in [1.82, 2.24) is 15.4 Å². The maximum absolute atomic E-state index is 12.5. The molecule has 2 aromatic heterocycles. The van der Waals surface area contributed by atoms with E-state index in [1.54, 1.807) is 6.26 Å². The number of carboxylic acids is 1. The van der Waals surface area contributed by atoms with Crippen molar-refractivity contribution in [2.45, 2.75) is 39.5 Å². The van der Waals surface area contributed by atoms with Crippen molar-refractivity contribution in [2.24, 2.45) is 11.3 Å². The van der Waals surface area contributed by atoms with Gasteiger partial charge >= 0.3 is 12.1 Å². The number of nitrogens with zero attached hydrogens (tertiary/aromatic N) is 2. The van der Waals surface area contributed by atoms with Crippen molar-refractivity contribution < 1.29 is 41.5 Å². The third-order valence-corrected chi connectivity index (χ3v) is 5.95. The lowest BCUT2D eigenvalue weighted by atomic mass is 9.78. The number of fused-ring (bicyclic) bond motifs is 1. The number of alkyl halides is 3. The number of ether oxygens (including phenoxy) is 1. The maximum atomic E-state index is 12.5. The van der Waals surface area contributed by atoms with Crippen LogP contribution in [0.25, 0.3) is 0 Å². The minimum Gasteiger partial charge on any atom is -0.475 e. The predicted octanol–water partition coefficient (Wildman–Crippen LogP) is 2.67. The van der Waals surface area contributed by atoms with E-state index in [0.717, 1.165) is 49.0 Å². The number of furan rings is 1. The zero-order valence-electron chi connectivity index (χ0n) is 18.3. The van der Waals surface area contributed by atoms with Gasteiger partial charge in [0.25, 0.3) is 0 Å². The van der Waals surface area contributed by atoms with Gasteiger partial charge in [0.1, 0.15) is 11.5 Å². The zero-order chi connectivity index (χ0) is 24.2. The van der Waals surface area contributed by atoms with Crippen molar-refractivity contribution in [2.75, 3.05) is 26.3 Å². The molecule has 12 heteroatoms. The molecule has 2 N–H and O–H groups in total. The SMILES string of the molecule is Cc1noc(C)c1CN1C[C@@H]2COC[C@]2(CC(=O)NCc2ccco2)C1.O=C(O)C(F)(F)F. The number of nitrogens with one attached hydrogen (secondary N) is 1. The quantitative estimate of drug-likeness (QED) is 0.658. The van der Waals surface area contributed by atoms with Crippen molar-refractivity contribution in [3.63, 3.8) is 0 Å². The van der Waals surface area contributed by atoms with Crippen LogP contribution in [0.2, 0.25) is 0 Å². The van der Waals surface area contributed by atoms with Crippen LogP contribution in [0.4, 0.5) is 13.2 Å². The van der Waals surface area contributed by atoms with Gasteiger partial charge in [0, 0.05) is 43.0 Å². The van der Waals surface area contributed by atoms with Gasteiger partial charge in [-0.3, -0.25) is 9.69 Å². The standard InChI is InChI=1S/C19H25N3O4.C2HF3O2/c1-13-17(14(2)26-21-13)9-22-8-15-10-24-12-19(15,11-22)6-18(23)20-7-16-4-3-5-25-16;3-2(4,5)1(6)7/h3-5,15H,6-12H2,1-2H3,(H,20,23);(H,6,7)/t15-,19+;/m1./s1. The Morgan fingerprint density at radius 3 is 2.67 bits per heavy atom. The summed E-state index contributed by atoms with van der Waals surface area (Å²) in [5.74, 6) is -0.677. The highest BCUT2D eigenvalue weighted by Gasteiger charge is 2.51. The minimum atomic E-state index is -5.08. The summed E-state index contributed by atoms with van der Waals surface area (Å²) >= 11 is 0. The molecule has 0 spiro atoms. The average molecular weight is 473 g/mol. The second kappa shape index (κ2) is 9.96. The second-order valence-corrected chi connectivity index (χ2v) is 8.38. The Bertz CT molecular complexity index is 940. The van der Waals surface area contributed by atoms with E-state index in [-0.39, 0.29) is 11.3 Å². The molecule has 4 heterocycles. The number of aliphatic carboxylic acids is 1. The highest BCUT2D eigenvalue weighted by atomic mass is 19.4. The van der Waals surface area contributed by atoms with Crippen LogP contribution < -0.4 is 5.32 Å². The second-order valence-electron chi connectivity index (χ2n) is 8.38. The molecule has 9 nitrogen and oxygen atoms in total. The normalized spacial score (nSPS) is 22.5. The molecule has 33 heavy (non-hydrogen) atoms. The van der Waals surface area contributed by atoms with Crippen molar-refractivity contribution in [3.05, 3.63) is 41.2 Å². The third-order valence-electron chi connectivity index (χ3n) is 5.95. The first-order valence-electron chi connectivity index (χ1n) is 10.3. The number of carbonyl (C=O) groups is 2. The Morgan fingerprint density at radius 1 is 1.36 bits per heavy atom. The number of carboxylic acid groups (broad SMARTS) is 1. The molecule has 2 atom stereocenters. The maximum Gasteiger partial charge on any atom is 0.490 e. The summed E-state index contributed by atoms with van der Waals surface area (Å²) in [6.45, 7) is 8.33. The molecule has 2 fully saturated rings. The number of likely N-dealkylation sites (tertiary alicyclic amines) is 1. The summed E-state index contributed by atoms with van der Waals surface area (Å²) in [4.78, 5) is 23.8. The van der Waals surface area contributed by atoms with E-state index in [1.807, 2.05) is 26.0 Å². The molecule has 182 valence electrons. The summed E-state index contributed by atoms with van der Waals surface area (Å²) in [6, 6.07) is 3.69. The van der Waals surface area contributed by atoms with Gasteiger partial charge in [0.2, 0.25) is 5.91 Å². The highest BCUT2D eigenvalue weighted by Crippen LogP contribution is 2.44. The number of hydrogen-bond donors (Lipinski definition) is 2. The largest absolute Gasteiger partial charge is 0.490 e. The summed E-state index contributed by atoms with van der Waals surface area (Å²) in [5, 5.41) is 14.1. The molecule has 2 aliphatic heterocycles. The van der Waals surface area contributed by atoms with Crippen LogP contribution in [0.3, 0.4) is 0 Å². The predicted molar refractivity (Wildman–Crippen MR) is 107 cm³/mol. The molecule has 0 aromatic carbocycles. The van der Waals surface area contributed by atoms with E-state index in [1.165, 1.54) is 0 Å². The van der Waals surface area contributed by atoms with E-state index in [4.69, 9.17) is 23.6 Å². The van der Waals surface area contributed by atoms with E-state index in [2.05, 4.69) is 15.4 Å². The van der Waals surface area contributed by atoms with E-state index in [0.29, 0.717) is 25.5 Å². The molecule has 0 bridgehead atoms. The monoisotopic (exact) mass is 473 g/mol. The van der Waals surface area contributed by atoms with Gasteiger partial charge in [-0.2, -0.15) is 13.2 Å². The highest BCUT2D eigenvalue weighted by molar-refractivity contribution is 5.76. The average Bonchev–Trinajstić information content (AvgIpc) is 3.48. The Labute approximate surface area is 187 Å². The van der Waals surface area contributed by atoms with E-state index >= 15 is 0 Å². The Kier molecular flexibility index (Phi) is 7.48. The Hall–Kier alpha value is -2.86. The molecule has 0 aliphatic carbocycles. The van der Waals surface area contributed by atoms with Crippen molar-refractivity contribution in [1.29, 1.82) is 0 Å². The summed E-state index contributed by atoms with van der Waals surface area (Å²) in [6.07, 6.45) is -2.99. The van der Waals surface area contributed by atoms with Gasteiger partial charge < -0.3 is 24.1 Å². The van der Waals surface area contributed by atoms with Gasteiger partial charge in [0.05, 0.1) is 31.7 Å². The first-order valence-corrected chi connectivity index (χ1v) is 10.3.